The van der Waals surface area contributed by atoms with E-state index in [4.69, 9.17) is 4.74 Å². The number of aryl methyl sites for hydroxylation is 1. The minimum Gasteiger partial charge on any atom is -0.497 e. The Labute approximate surface area is 184 Å². The van der Waals surface area contributed by atoms with E-state index in [2.05, 4.69) is 10.6 Å². The first-order valence-corrected chi connectivity index (χ1v) is 11.1. The number of rotatable bonds is 6. The van der Waals surface area contributed by atoms with Gasteiger partial charge in [-0.25, -0.2) is 0 Å². The van der Waals surface area contributed by atoms with Gasteiger partial charge >= 0.3 is 0 Å². The lowest BCUT2D eigenvalue weighted by Gasteiger charge is -2.41. The first-order chi connectivity index (χ1) is 15.0. The van der Waals surface area contributed by atoms with Crippen LogP contribution < -0.4 is 15.4 Å². The number of nitrogens with one attached hydrogen (secondary N) is 2. The van der Waals surface area contributed by atoms with E-state index in [0.29, 0.717) is 18.7 Å². The zero-order chi connectivity index (χ0) is 21.8. The van der Waals surface area contributed by atoms with E-state index in [1.807, 2.05) is 60.4 Å². The van der Waals surface area contributed by atoms with Crippen molar-refractivity contribution >= 4 is 11.8 Å². The molecule has 4 rings (SSSR count). The molecule has 1 aliphatic heterocycles. The molecule has 164 valence electrons. The number of hydrogen-bond acceptors (Lipinski definition) is 4. The molecule has 0 spiro atoms. The molecule has 2 N–H and O–H groups in total. The zero-order valence-corrected chi connectivity index (χ0v) is 18.3. The van der Waals surface area contributed by atoms with Crippen molar-refractivity contribution in [3.05, 3.63) is 65.2 Å². The van der Waals surface area contributed by atoms with Crippen LogP contribution in [-0.4, -0.2) is 42.6 Å². The van der Waals surface area contributed by atoms with Crippen LogP contribution in [0, 0.1) is 12.8 Å². The van der Waals surface area contributed by atoms with Gasteiger partial charge in [0.15, 0.2) is 0 Å². The Kier molecular flexibility index (Phi) is 6.56. The second-order valence-corrected chi connectivity index (χ2v) is 8.63. The van der Waals surface area contributed by atoms with Crippen molar-refractivity contribution in [2.45, 2.75) is 51.4 Å². The van der Waals surface area contributed by atoms with Crippen LogP contribution in [0.5, 0.6) is 5.75 Å². The number of fused-ring (bicyclic) bond motifs is 1. The summed E-state index contributed by atoms with van der Waals surface area (Å²) in [5.74, 6) is 0.899. The molecule has 1 heterocycles. The predicted molar refractivity (Wildman–Crippen MR) is 120 cm³/mol. The third kappa shape index (κ3) is 5.07. The highest BCUT2D eigenvalue weighted by atomic mass is 16.5. The van der Waals surface area contributed by atoms with Crippen molar-refractivity contribution in [2.75, 3.05) is 13.7 Å². The number of carbonyl (C=O) groups is 2. The van der Waals surface area contributed by atoms with Gasteiger partial charge in [0.05, 0.1) is 25.7 Å². The van der Waals surface area contributed by atoms with Gasteiger partial charge in [-0.3, -0.25) is 14.9 Å². The molecule has 3 atom stereocenters. The van der Waals surface area contributed by atoms with E-state index in [1.165, 1.54) is 0 Å². The monoisotopic (exact) mass is 421 g/mol. The summed E-state index contributed by atoms with van der Waals surface area (Å²) in [6.45, 7) is 2.87. The third-order valence-corrected chi connectivity index (χ3v) is 6.36. The quantitative estimate of drug-likeness (QED) is 0.751. The van der Waals surface area contributed by atoms with E-state index in [9.17, 15) is 9.59 Å². The van der Waals surface area contributed by atoms with Crippen LogP contribution in [0.1, 0.15) is 47.2 Å². The van der Waals surface area contributed by atoms with Gasteiger partial charge < -0.3 is 15.0 Å². The van der Waals surface area contributed by atoms with E-state index in [-0.39, 0.29) is 29.9 Å². The van der Waals surface area contributed by atoms with Crippen LogP contribution in [0.15, 0.2) is 48.5 Å². The van der Waals surface area contributed by atoms with Gasteiger partial charge in [-0.1, -0.05) is 42.7 Å². The summed E-state index contributed by atoms with van der Waals surface area (Å²) >= 11 is 0. The Balaban J connectivity index is 1.53. The average Bonchev–Trinajstić information content (AvgIpc) is 2.79. The Morgan fingerprint density at radius 3 is 2.48 bits per heavy atom. The minimum absolute atomic E-state index is 0.0439. The maximum atomic E-state index is 13.4. The van der Waals surface area contributed by atoms with Gasteiger partial charge in [-0.05, 0) is 49.6 Å². The molecular weight excluding hydrogens is 390 g/mol. The van der Waals surface area contributed by atoms with Crippen molar-refractivity contribution in [1.29, 1.82) is 0 Å². The van der Waals surface area contributed by atoms with Gasteiger partial charge in [0, 0.05) is 18.2 Å². The van der Waals surface area contributed by atoms with Crippen LogP contribution >= 0.6 is 0 Å². The molecule has 6 nitrogen and oxygen atoms in total. The average molecular weight is 422 g/mol. The fraction of sp³-hybridized carbons (Fsp3) is 0.440. The first kappa shape index (κ1) is 21.4. The summed E-state index contributed by atoms with van der Waals surface area (Å²) in [5, 5.41) is 6.69. The second-order valence-electron chi connectivity index (χ2n) is 8.63. The van der Waals surface area contributed by atoms with Gasteiger partial charge in [-0.2, -0.15) is 0 Å². The molecule has 1 aliphatic carbocycles. The summed E-state index contributed by atoms with van der Waals surface area (Å²) < 4.78 is 5.25. The topological polar surface area (TPSA) is 70.7 Å². The third-order valence-electron chi connectivity index (χ3n) is 6.36. The molecule has 2 amide bonds. The molecule has 2 aromatic rings. The standard InChI is InChI=1S/C25H31N3O3/c1-17-7-11-19(12-8-17)25(30)28(15-18-9-13-20(31-2)14-10-18)16-23-26-22-6-4-3-5-21(22)24(29)27-23/h7-14,21-23,26H,3-6,15-16H2,1-2H3,(H,27,29). The molecule has 3 unspecified atom stereocenters. The van der Waals surface area contributed by atoms with Gasteiger partial charge in [0.25, 0.3) is 5.91 Å². The van der Waals surface area contributed by atoms with Crippen LogP contribution in [0.25, 0.3) is 0 Å². The second kappa shape index (κ2) is 9.52. The number of ether oxygens (including phenoxy) is 1. The molecule has 0 radical (unpaired) electrons. The van der Waals surface area contributed by atoms with Crippen molar-refractivity contribution in [1.82, 2.24) is 15.5 Å². The SMILES string of the molecule is COc1ccc(CN(CC2NC(=O)C3CCCCC3N2)C(=O)c2ccc(C)cc2)cc1. The number of hydrogen-bond donors (Lipinski definition) is 2. The Bertz CT molecular complexity index is 911. The fourth-order valence-electron chi connectivity index (χ4n) is 4.59. The molecule has 1 saturated heterocycles. The highest BCUT2D eigenvalue weighted by Crippen LogP contribution is 2.27. The number of amides is 2. The van der Waals surface area contributed by atoms with Gasteiger partial charge in [0.2, 0.25) is 5.91 Å². The fourth-order valence-corrected chi connectivity index (χ4v) is 4.59. The molecule has 2 aromatic carbocycles. The molecule has 0 aromatic heterocycles. The number of carbonyl (C=O) groups excluding carboxylic acids is 2. The van der Waals surface area contributed by atoms with Crippen molar-refractivity contribution in [3.63, 3.8) is 0 Å². The molecule has 2 aliphatic rings. The lowest BCUT2D eigenvalue weighted by molar-refractivity contribution is -0.131. The highest BCUT2D eigenvalue weighted by Gasteiger charge is 2.38. The molecule has 31 heavy (non-hydrogen) atoms. The molecule has 6 heteroatoms. The Morgan fingerprint density at radius 1 is 1.06 bits per heavy atom. The van der Waals surface area contributed by atoms with E-state index in [1.54, 1.807) is 7.11 Å². The number of methoxy groups -OCH3 is 1. The van der Waals surface area contributed by atoms with Crippen LogP contribution in [-0.2, 0) is 11.3 Å². The molecule has 0 bridgehead atoms. The Morgan fingerprint density at radius 2 is 1.77 bits per heavy atom. The summed E-state index contributed by atoms with van der Waals surface area (Å²) in [4.78, 5) is 27.9. The molecule has 2 fully saturated rings. The van der Waals surface area contributed by atoms with Gasteiger partial charge in [0.1, 0.15) is 5.75 Å². The van der Waals surface area contributed by atoms with Crippen LogP contribution in [0.4, 0.5) is 0 Å². The number of benzene rings is 2. The smallest absolute Gasteiger partial charge is 0.254 e. The zero-order valence-electron chi connectivity index (χ0n) is 18.3. The lowest BCUT2D eigenvalue weighted by Crippen LogP contribution is -2.65. The first-order valence-electron chi connectivity index (χ1n) is 11.1. The highest BCUT2D eigenvalue weighted by molar-refractivity contribution is 5.94. The van der Waals surface area contributed by atoms with Crippen LogP contribution in [0.3, 0.4) is 0 Å². The largest absolute Gasteiger partial charge is 0.497 e. The summed E-state index contributed by atoms with van der Waals surface area (Å²) in [6.07, 6.45) is 3.95. The normalized spacial score (nSPS) is 22.9. The van der Waals surface area contributed by atoms with E-state index < -0.39 is 0 Å². The van der Waals surface area contributed by atoms with E-state index in [0.717, 1.165) is 42.6 Å². The minimum atomic E-state index is -0.250. The number of nitrogens with zero attached hydrogens (tertiary/aromatic N) is 1. The van der Waals surface area contributed by atoms with Crippen molar-refractivity contribution in [2.24, 2.45) is 5.92 Å². The van der Waals surface area contributed by atoms with Crippen LogP contribution in [0.2, 0.25) is 0 Å². The summed E-state index contributed by atoms with van der Waals surface area (Å²) in [5.41, 5.74) is 2.78. The Hall–Kier alpha value is -2.86. The van der Waals surface area contributed by atoms with Gasteiger partial charge in [-0.15, -0.1) is 0 Å². The summed E-state index contributed by atoms with van der Waals surface area (Å²) in [6, 6.07) is 15.6. The molecule has 1 saturated carbocycles. The maximum absolute atomic E-state index is 13.4. The van der Waals surface area contributed by atoms with Crippen molar-refractivity contribution < 1.29 is 14.3 Å². The lowest BCUT2D eigenvalue weighted by atomic mass is 9.82. The van der Waals surface area contributed by atoms with E-state index >= 15 is 0 Å². The predicted octanol–water partition coefficient (Wildman–Crippen LogP) is 3.25. The molecular formula is C25H31N3O3. The van der Waals surface area contributed by atoms with Crippen molar-refractivity contribution in [3.8, 4) is 5.75 Å². The summed E-state index contributed by atoms with van der Waals surface area (Å²) in [7, 11) is 1.64. The maximum Gasteiger partial charge on any atom is 0.254 e.